The topological polar surface area (TPSA) is 21.3 Å². The normalized spacial score (nSPS) is 13.8. The van der Waals surface area contributed by atoms with E-state index in [1.165, 1.54) is 5.75 Å². The molecule has 1 unspecified atom stereocenters. The molecule has 0 radical (unpaired) electrons. The minimum absolute atomic E-state index is 0.475. The number of thioether (sulfide) groups is 1. The average molecular weight is 191 g/mol. The van der Waals surface area contributed by atoms with E-state index in [1.807, 2.05) is 11.8 Å². The van der Waals surface area contributed by atoms with Gasteiger partial charge in [0.25, 0.3) is 0 Å². The molecule has 0 aliphatic rings. The van der Waals surface area contributed by atoms with E-state index in [-0.39, 0.29) is 0 Å². The third-order valence-corrected chi connectivity index (χ3v) is 2.57. The van der Waals surface area contributed by atoms with Crippen LogP contribution in [-0.2, 0) is 4.74 Å². The largest absolute Gasteiger partial charge is 0.383 e. The van der Waals surface area contributed by atoms with Crippen LogP contribution in [0.3, 0.4) is 0 Å². The van der Waals surface area contributed by atoms with E-state index in [2.05, 4.69) is 26.1 Å². The van der Waals surface area contributed by atoms with Gasteiger partial charge in [-0.3, -0.25) is 0 Å². The van der Waals surface area contributed by atoms with Crippen molar-refractivity contribution >= 4 is 11.8 Å². The Morgan fingerprint density at radius 2 is 2.00 bits per heavy atom. The number of rotatable bonds is 7. The van der Waals surface area contributed by atoms with Crippen LogP contribution in [0.25, 0.3) is 0 Å². The second kappa shape index (κ2) is 7.90. The lowest BCUT2D eigenvalue weighted by Crippen LogP contribution is -2.32. The molecule has 0 bridgehead atoms. The van der Waals surface area contributed by atoms with E-state index in [0.29, 0.717) is 6.04 Å². The van der Waals surface area contributed by atoms with Crippen LogP contribution in [0.5, 0.6) is 0 Å². The van der Waals surface area contributed by atoms with Gasteiger partial charge in [0.05, 0.1) is 6.61 Å². The standard InChI is InChI=1S/C9H21NOS/c1-8(2)12-6-5-10-9(3)7-11-4/h8-10H,5-7H2,1-4H3. The van der Waals surface area contributed by atoms with Crippen molar-refractivity contribution in [3.05, 3.63) is 0 Å². The van der Waals surface area contributed by atoms with Crippen molar-refractivity contribution < 1.29 is 4.74 Å². The van der Waals surface area contributed by atoms with Gasteiger partial charge in [0.1, 0.15) is 0 Å². The summed E-state index contributed by atoms with van der Waals surface area (Å²) in [5.41, 5.74) is 0. The fourth-order valence-electron chi connectivity index (χ4n) is 0.909. The molecule has 0 fully saturated rings. The molecule has 0 rings (SSSR count). The average Bonchev–Trinajstić information content (AvgIpc) is 1.98. The van der Waals surface area contributed by atoms with Crippen molar-refractivity contribution in [2.45, 2.75) is 32.1 Å². The van der Waals surface area contributed by atoms with Crippen molar-refractivity contribution in [1.29, 1.82) is 0 Å². The molecule has 0 aromatic heterocycles. The van der Waals surface area contributed by atoms with Gasteiger partial charge in [0.2, 0.25) is 0 Å². The zero-order valence-corrected chi connectivity index (χ0v) is 9.41. The predicted molar refractivity (Wildman–Crippen MR) is 56.9 cm³/mol. The minimum atomic E-state index is 0.475. The van der Waals surface area contributed by atoms with E-state index in [9.17, 15) is 0 Å². The summed E-state index contributed by atoms with van der Waals surface area (Å²) in [7, 11) is 1.74. The molecule has 0 aliphatic heterocycles. The first-order valence-corrected chi connectivity index (χ1v) is 5.55. The van der Waals surface area contributed by atoms with Crippen LogP contribution in [0.4, 0.5) is 0 Å². The molecule has 0 spiro atoms. The van der Waals surface area contributed by atoms with Gasteiger partial charge in [-0.25, -0.2) is 0 Å². The zero-order valence-electron chi connectivity index (χ0n) is 8.59. The van der Waals surface area contributed by atoms with Crippen molar-refractivity contribution in [2.24, 2.45) is 0 Å². The molecule has 0 saturated carbocycles. The smallest absolute Gasteiger partial charge is 0.0613 e. The lowest BCUT2D eigenvalue weighted by atomic mass is 10.4. The number of methoxy groups -OCH3 is 1. The van der Waals surface area contributed by atoms with Crippen LogP contribution in [0, 0.1) is 0 Å². The van der Waals surface area contributed by atoms with Crippen molar-refractivity contribution in [1.82, 2.24) is 5.32 Å². The molecule has 12 heavy (non-hydrogen) atoms. The van der Waals surface area contributed by atoms with E-state index in [4.69, 9.17) is 4.74 Å². The highest BCUT2D eigenvalue weighted by Crippen LogP contribution is 2.06. The van der Waals surface area contributed by atoms with Crippen LogP contribution in [0.15, 0.2) is 0 Å². The lowest BCUT2D eigenvalue weighted by molar-refractivity contribution is 0.173. The van der Waals surface area contributed by atoms with Gasteiger partial charge >= 0.3 is 0 Å². The molecule has 74 valence electrons. The van der Waals surface area contributed by atoms with E-state index in [1.54, 1.807) is 7.11 Å². The van der Waals surface area contributed by atoms with Gasteiger partial charge in [-0.2, -0.15) is 11.8 Å². The number of hydrogen-bond donors (Lipinski definition) is 1. The summed E-state index contributed by atoms with van der Waals surface area (Å²) >= 11 is 1.99. The van der Waals surface area contributed by atoms with Crippen LogP contribution in [0.1, 0.15) is 20.8 Å². The van der Waals surface area contributed by atoms with Gasteiger partial charge in [-0.05, 0) is 12.2 Å². The summed E-state index contributed by atoms with van der Waals surface area (Å²) < 4.78 is 5.01. The van der Waals surface area contributed by atoms with Crippen LogP contribution >= 0.6 is 11.8 Å². The molecule has 0 amide bonds. The molecule has 0 heterocycles. The van der Waals surface area contributed by atoms with E-state index < -0.39 is 0 Å². The summed E-state index contributed by atoms with van der Waals surface area (Å²) in [6, 6.07) is 0.475. The Labute approximate surface area is 80.4 Å². The lowest BCUT2D eigenvalue weighted by Gasteiger charge is -2.12. The Kier molecular flexibility index (Phi) is 8.07. The summed E-state index contributed by atoms with van der Waals surface area (Å²) in [5, 5.41) is 4.13. The molecule has 1 N–H and O–H groups in total. The molecule has 0 aromatic rings. The summed E-state index contributed by atoms with van der Waals surface area (Å²) in [6.45, 7) is 8.47. The van der Waals surface area contributed by atoms with E-state index in [0.717, 1.165) is 18.4 Å². The highest BCUT2D eigenvalue weighted by Gasteiger charge is 1.99. The molecule has 0 saturated heterocycles. The number of nitrogens with one attached hydrogen (secondary N) is 1. The number of ether oxygens (including phenoxy) is 1. The number of hydrogen-bond acceptors (Lipinski definition) is 3. The van der Waals surface area contributed by atoms with Gasteiger partial charge in [0, 0.05) is 25.4 Å². The van der Waals surface area contributed by atoms with E-state index >= 15 is 0 Å². The molecule has 3 heteroatoms. The monoisotopic (exact) mass is 191 g/mol. The highest BCUT2D eigenvalue weighted by molar-refractivity contribution is 7.99. The Morgan fingerprint density at radius 1 is 1.33 bits per heavy atom. The highest BCUT2D eigenvalue weighted by atomic mass is 32.2. The molecule has 1 atom stereocenters. The first kappa shape index (κ1) is 12.3. The Balaban J connectivity index is 3.08. The van der Waals surface area contributed by atoms with Crippen LogP contribution < -0.4 is 5.32 Å². The van der Waals surface area contributed by atoms with Gasteiger partial charge in [-0.15, -0.1) is 0 Å². The third-order valence-electron chi connectivity index (χ3n) is 1.46. The zero-order chi connectivity index (χ0) is 9.40. The van der Waals surface area contributed by atoms with Crippen LogP contribution in [-0.4, -0.2) is 37.3 Å². The predicted octanol–water partition coefficient (Wildman–Crippen LogP) is 1.75. The SMILES string of the molecule is COCC(C)NCCSC(C)C. The first-order chi connectivity index (χ1) is 5.66. The fourth-order valence-corrected chi connectivity index (χ4v) is 1.62. The first-order valence-electron chi connectivity index (χ1n) is 4.50. The second-order valence-electron chi connectivity index (χ2n) is 3.23. The summed E-state index contributed by atoms with van der Waals surface area (Å²) in [5.74, 6) is 1.19. The van der Waals surface area contributed by atoms with Gasteiger partial charge in [-0.1, -0.05) is 13.8 Å². The quantitative estimate of drug-likeness (QED) is 0.620. The van der Waals surface area contributed by atoms with Crippen molar-refractivity contribution in [3.8, 4) is 0 Å². The maximum atomic E-state index is 5.01. The Morgan fingerprint density at radius 3 is 2.50 bits per heavy atom. The second-order valence-corrected chi connectivity index (χ2v) is 4.91. The molecule has 0 aromatic carbocycles. The maximum absolute atomic E-state index is 5.01. The summed E-state index contributed by atoms with van der Waals surface area (Å²) in [6.07, 6.45) is 0. The molecule has 0 aliphatic carbocycles. The molecular formula is C9H21NOS. The van der Waals surface area contributed by atoms with Crippen molar-refractivity contribution in [3.63, 3.8) is 0 Å². The van der Waals surface area contributed by atoms with Crippen molar-refractivity contribution in [2.75, 3.05) is 26.0 Å². The van der Waals surface area contributed by atoms with Crippen LogP contribution in [0.2, 0.25) is 0 Å². The maximum Gasteiger partial charge on any atom is 0.0613 e. The minimum Gasteiger partial charge on any atom is -0.383 e. The van der Waals surface area contributed by atoms with Gasteiger partial charge < -0.3 is 10.1 Å². The Bertz CT molecular complexity index is 98.5. The fraction of sp³-hybridized carbons (Fsp3) is 1.00. The van der Waals surface area contributed by atoms with Gasteiger partial charge in [0.15, 0.2) is 0 Å². The third kappa shape index (κ3) is 8.37. The molecular weight excluding hydrogens is 170 g/mol. The summed E-state index contributed by atoms with van der Waals surface area (Å²) in [4.78, 5) is 0. The molecule has 2 nitrogen and oxygen atoms in total. The Hall–Kier alpha value is 0.270.